The molecule has 15 heavy (non-hydrogen) atoms. The van der Waals surface area contributed by atoms with Crippen LogP contribution in [0.4, 0.5) is 5.69 Å². The van der Waals surface area contributed by atoms with Gasteiger partial charge in [0.05, 0.1) is 15.7 Å². The van der Waals surface area contributed by atoms with Crippen molar-refractivity contribution in [2.24, 2.45) is 0 Å². The van der Waals surface area contributed by atoms with E-state index >= 15 is 0 Å². The lowest BCUT2D eigenvalue weighted by Crippen LogP contribution is -2.31. The molecule has 0 aliphatic heterocycles. The summed E-state index contributed by atoms with van der Waals surface area (Å²) in [6.45, 7) is 7.41. The van der Waals surface area contributed by atoms with Crippen LogP contribution < -0.4 is 5.32 Å². The van der Waals surface area contributed by atoms with Gasteiger partial charge in [-0.1, -0.05) is 15.9 Å². The Morgan fingerprint density at radius 2 is 2.00 bits per heavy atom. The van der Waals surface area contributed by atoms with Gasteiger partial charge in [-0.25, -0.2) is 0 Å². The van der Waals surface area contributed by atoms with Gasteiger partial charge in [-0.05, 0) is 39.8 Å². The fraction of sp³-hybridized carbons (Fsp3) is 0.455. The smallest absolute Gasteiger partial charge is 0.240 e. The van der Waals surface area contributed by atoms with E-state index in [0.717, 1.165) is 17.1 Å². The lowest BCUT2D eigenvalue weighted by atomic mass is 10.2. The van der Waals surface area contributed by atoms with Crippen LogP contribution in [0.1, 0.15) is 25.2 Å². The molecule has 0 aliphatic rings. The Morgan fingerprint density at radius 3 is 2.47 bits per heavy atom. The van der Waals surface area contributed by atoms with Crippen LogP contribution >= 0.6 is 15.9 Å². The average Bonchev–Trinajstić information content (AvgIpc) is 2.08. The fourth-order valence-electron chi connectivity index (χ4n) is 1.09. The molecule has 1 heterocycles. The molecule has 0 aliphatic carbocycles. The van der Waals surface area contributed by atoms with Crippen LogP contribution in [0.25, 0.3) is 0 Å². The van der Waals surface area contributed by atoms with E-state index in [2.05, 4.69) is 26.2 Å². The SMILES string of the molecule is Cc1ccc(NC(=O)C(C)(C)Br)c(C)n1. The van der Waals surface area contributed by atoms with Gasteiger partial charge in [0.2, 0.25) is 5.91 Å². The van der Waals surface area contributed by atoms with Crippen LogP contribution in [0.2, 0.25) is 0 Å². The average molecular weight is 271 g/mol. The summed E-state index contributed by atoms with van der Waals surface area (Å²) in [7, 11) is 0. The number of anilines is 1. The summed E-state index contributed by atoms with van der Waals surface area (Å²) in [5.74, 6) is -0.0729. The third-order valence-corrected chi connectivity index (χ3v) is 2.37. The molecule has 4 heteroatoms. The molecule has 0 spiro atoms. The van der Waals surface area contributed by atoms with Crippen LogP contribution in [0.5, 0.6) is 0 Å². The van der Waals surface area contributed by atoms with Crippen LogP contribution in [-0.2, 0) is 4.79 Å². The predicted molar refractivity (Wildman–Crippen MR) is 65.3 cm³/mol. The van der Waals surface area contributed by atoms with Crippen molar-refractivity contribution in [3.63, 3.8) is 0 Å². The first-order valence-corrected chi connectivity index (χ1v) is 5.54. The third kappa shape index (κ3) is 3.30. The number of rotatable bonds is 2. The minimum Gasteiger partial charge on any atom is -0.323 e. The molecule has 0 atom stereocenters. The Kier molecular flexibility index (Phi) is 3.50. The minimum atomic E-state index is -0.565. The van der Waals surface area contributed by atoms with Gasteiger partial charge in [0.15, 0.2) is 0 Å². The van der Waals surface area contributed by atoms with Crippen LogP contribution in [0, 0.1) is 13.8 Å². The molecule has 3 nitrogen and oxygen atoms in total. The molecule has 82 valence electrons. The second-order valence-corrected chi connectivity index (χ2v) is 5.99. The van der Waals surface area contributed by atoms with E-state index in [1.807, 2.05) is 26.0 Å². The van der Waals surface area contributed by atoms with Gasteiger partial charge in [-0.2, -0.15) is 0 Å². The third-order valence-electron chi connectivity index (χ3n) is 2.01. The highest BCUT2D eigenvalue weighted by Crippen LogP contribution is 2.20. The van der Waals surface area contributed by atoms with E-state index < -0.39 is 4.32 Å². The zero-order valence-corrected chi connectivity index (χ0v) is 11.0. The van der Waals surface area contributed by atoms with E-state index in [0.29, 0.717) is 0 Å². The number of hydrogen-bond acceptors (Lipinski definition) is 2. The molecular formula is C11H15BrN2O. The zero-order chi connectivity index (χ0) is 11.6. The Labute approximate surface area is 98.4 Å². The molecule has 0 unspecified atom stereocenters. The summed E-state index contributed by atoms with van der Waals surface area (Å²) >= 11 is 3.31. The standard InChI is InChI=1S/C11H15BrN2O/c1-7-5-6-9(8(2)13-7)14-10(15)11(3,4)12/h5-6H,1-4H3,(H,14,15). The summed E-state index contributed by atoms with van der Waals surface area (Å²) in [6.07, 6.45) is 0. The van der Waals surface area contributed by atoms with E-state index in [1.165, 1.54) is 0 Å². The van der Waals surface area contributed by atoms with Crippen molar-refractivity contribution >= 4 is 27.5 Å². The molecule has 0 saturated carbocycles. The normalized spacial score (nSPS) is 11.3. The quantitative estimate of drug-likeness (QED) is 0.840. The van der Waals surface area contributed by atoms with Crippen molar-refractivity contribution in [3.8, 4) is 0 Å². The Morgan fingerprint density at radius 1 is 1.40 bits per heavy atom. The Balaban J connectivity index is 2.87. The lowest BCUT2D eigenvalue weighted by molar-refractivity contribution is -0.117. The van der Waals surface area contributed by atoms with Crippen molar-refractivity contribution in [1.29, 1.82) is 0 Å². The largest absolute Gasteiger partial charge is 0.323 e. The molecule has 1 aromatic rings. The van der Waals surface area contributed by atoms with Crippen LogP contribution in [-0.4, -0.2) is 15.2 Å². The molecule has 1 N–H and O–H groups in total. The first-order valence-electron chi connectivity index (χ1n) is 4.75. The van der Waals surface area contributed by atoms with Crippen molar-refractivity contribution in [2.75, 3.05) is 5.32 Å². The first-order chi connectivity index (χ1) is 6.80. The molecule has 1 rings (SSSR count). The summed E-state index contributed by atoms with van der Waals surface area (Å²) in [6, 6.07) is 3.75. The number of aryl methyl sites for hydroxylation is 2. The van der Waals surface area contributed by atoms with Gasteiger partial charge in [-0.3, -0.25) is 9.78 Å². The van der Waals surface area contributed by atoms with Crippen LogP contribution in [0.3, 0.4) is 0 Å². The molecule has 0 saturated heterocycles. The van der Waals surface area contributed by atoms with Gasteiger partial charge in [-0.15, -0.1) is 0 Å². The highest BCUT2D eigenvalue weighted by molar-refractivity contribution is 9.10. The van der Waals surface area contributed by atoms with Gasteiger partial charge in [0, 0.05) is 5.69 Å². The van der Waals surface area contributed by atoms with Crippen molar-refractivity contribution in [3.05, 3.63) is 23.5 Å². The molecule has 1 amide bonds. The van der Waals surface area contributed by atoms with E-state index in [-0.39, 0.29) is 5.91 Å². The molecule has 0 radical (unpaired) electrons. The highest BCUT2D eigenvalue weighted by atomic mass is 79.9. The number of nitrogens with one attached hydrogen (secondary N) is 1. The second kappa shape index (κ2) is 4.31. The molecular weight excluding hydrogens is 256 g/mol. The molecule has 0 bridgehead atoms. The summed E-state index contributed by atoms with van der Waals surface area (Å²) < 4.78 is -0.565. The monoisotopic (exact) mass is 270 g/mol. The van der Waals surface area contributed by atoms with E-state index in [1.54, 1.807) is 13.8 Å². The second-order valence-electron chi connectivity index (χ2n) is 4.01. The number of alkyl halides is 1. The number of halogens is 1. The number of aromatic nitrogens is 1. The molecule has 0 fully saturated rings. The van der Waals surface area contributed by atoms with E-state index in [9.17, 15) is 4.79 Å². The number of hydrogen-bond donors (Lipinski definition) is 1. The summed E-state index contributed by atoms with van der Waals surface area (Å²) in [4.78, 5) is 16.0. The molecule has 0 aromatic carbocycles. The number of nitrogens with zero attached hydrogens (tertiary/aromatic N) is 1. The number of carbonyl (C=O) groups excluding carboxylic acids is 1. The Bertz CT molecular complexity index is 383. The summed E-state index contributed by atoms with van der Waals surface area (Å²) in [5.41, 5.74) is 2.54. The Hall–Kier alpha value is -0.900. The maximum absolute atomic E-state index is 11.7. The number of amides is 1. The topological polar surface area (TPSA) is 42.0 Å². The zero-order valence-electron chi connectivity index (χ0n) is 9.39. The van der Waals surface area contributed by atoms with Crippen LogP contribution in [0.15, 0.2) is 12.1 Å². The van der Waals surface area contributed by atoms with Crippen molar-refractivity contribution in [1.82, 2.24) is 4.98 Å². The molecule has 1 aromatic heterocycles. The minimum absolute atomic E-state index is 0.0729. The summed E-state index contributed by atoms with van der Waals surface area (Å²) in [5, 5.41) is 2.83. The van der Waals surface area contributed by atoms with Crippen molar-refractivity contribution < 1.29 is 4.79 Å². The van der Waals surface area contributed by atoms with Crippen molar-refractivity contribution in [2.45, 2.75) is 32.0 Å². The van der Waals surface area contributed by atoms with Gasteiger partial charge in [0.25, 0.3) is 0 Å². The van der Waals surface area contributed by atoms with Gasteiger partial charge >= 0.3 is 0 Å². The lowest BCUT2D eigenvalue weighted by Gasteiger charge is -2.16. The first kappa shape index (κ1) is 12.2. The highest BCUT2D eigenvalue weighted by Gasteiger charge is 2.23. The maximum atomic E-state index is 11.7. The van der Waals surface area contributed by atoms with E-state index in [4.69, 9.17) is 0 Å². The maximum Gasteiger partial charge on any atom is 0.240 e. The number of pyridine rings is 1. The predicted octanol–water partition coefficient (Wildman–Crippen LogP) is 2.81. The van der Waals surface area contributed by atoms with Gasteiger partial charge < -0.3 is 5.32 Å². The fourth-order valence-corrected chi connectivity index (χ4v) is 1.19. The van der Waals surface area contributed by atoms with Gasteiger partial charge in [0.1, 0.15) is 0 Å². The number of carbonyl (C=O) groups is 1.